The van der Waals surface area contributed by atoms with Crippen LogP contribution in [0, 0.1) is 6.92 Å². The lowest BCUT2D eigenvalue weighted by Crippen LogP contribution is -1.87. The van der Waals surface area contributed by atoms with Gasteiger partial charge >= 0.3 is 0 Å². The van der Waals surface area contributed by atoms with Crippen LogP contribution < -0.4 is 11.5 Å². The lowest BCUT2D eigenvalue weighted by atomic mass is 10.3. The number of anilines is 2. The van der Waals surface area contributed by atoms with Crippen LogP contribution >= 0.6 is 0 Å². The molecule has 0 aromatic carbocycles. The monoisotopic (exact) mass is 152 g/mol. The molecule has 0 unspecified atom stereocenters. The van der Waals surface area contributed by atoms with Gasteiger partial charge in [-0.15, -0.1) is 0 Å². The minimum Gasteiger partial charge on any atom is -0.422 e. The highest BCUT2D eigenvalue weighted by molar-refractivity contribution is 5.80. The standard InChI is InChI=1S/C6H8N4O/c1-2-3-5(9-4(2)7)10-6(8)11-3/h9H,7H2,1H3,(H2,8,10). The summed E-state index contributed by atoms with van der Waals surface area (Å²) in [5, 5.41) is 0. The fourth-order valence-corrected chi connectivity index (χ4v) is 1.02. The van der Waals surface area contributed by atoms with Crippen molar-refractivity contribution in [3.8, 4) is 0 Å². The molecule has 0 saturated heterocycles. The first-order valence-electron chi connectivity index (χ1n) is 3.18. The molecule has 0 bridgehead atoms. The Kier molecular flexibility index (Phi) is 0.934. The van der Waals surface area contributed by atoms with Gasteiger partial charge in [-0.05, 0) is 6.92 Å². The molecule has 58 valence electrons. The number of aromatic nitrogens is 2. The van der Waals surface area contributed by atoms with E-state index in [1.807, 2.05) is 6.92 Å². The van der Waals surface area contributed by atoms with E-state index in [-0.39, 0.29) is 6.01 Å². The van der Waals surface area contributed by atoms with Gasteiger partial charge in [-0.1, -0.05) is 0 Å². The first kappa shape index (κ1) is 6.09. The van der Waals surface area contributed by atoms with Crippen LogP contribution in [0.5, 0.6) is 0 Å². The second-order valence-electron chi connectivity index (χ2n) is 2.39. The molecule has 2 heterocycles. The molecule has 0 aliphatic carbocycles. The second-order valence-corrected chi connectivity index (χ2v) is 2.39. The van der Waals surface area contributed by atoms with Crippen LogP contribution in [0.25, 0.3) is 11.2 Å². The fourth-order valence-electron chi connectivity index (χ4n) is 1.02. The van der Waals surface area contributed by atoms with Gasteiger partial charge in [0.05, 0.1) is 0 Å². The average Bonchev–Trinajstić information content (AvgIpc) is 2.37. The molecule has 0 aliphatic heterocycles. The van der Waals surface area contributed by atoms with Crippen molar-refractivity contribution in [2.75, 3.05) is 11.5 Å². The van der Waals surface area contributed by atoms with E-state index in [0.717, 1.165) is 5.56 Å². The summed E-state index contributed by atoms with van der Waals surface area (Å²) in [7, 11) is 0. The van der Waals surface area contributed by atoms with Crippen molar-refractivity contribution in [3.05, 3.63) is 5.56 Å². The zero-order valence-corrected chi connectivity index (χ0v) is 6.01. The van der Waals surface area contributed by atoms with Crippen LogP contribution in [-0.4, -0.2) is 9.97 Å². The van der Waals surface area contributed by atoms with Gasteiger partial charge in [-0.3, -0.25) is 0 Å². The SMILES string of the molecule is Cc1c(N)[nH]c2nc(N)oc12. The summed E-state index contributed by atoms with van der Waals surface area (Å²) >= 11 is 0. The van der Waals surface area contributed by atoms with Crippen molar-refractivity contribution in [1.29, 1.82) is 0 Å². The number of nitrogens with zero attached hydrogens (tertiary/aromatic N) is 1. The number of nitrogens with two attached hydrogens (primary N) is 2. The van der Waals surface area contributed by atoms with Crippen LogP contribution in [0.2, 0.25) is 0 Å². The number of fused-ring (bicyclic) bond motifs is 1. The summed E-state index contributed by atoms with van der Waals surface area (Å²) < 4.78 is 5.07. The van der Waals surface area contributed by atoms with Gasteiger partial charge < -0.3 is 20.9 Å². The molecule has 11 heavy (non-hydrogen) atoms. The Morgan fingerprint density at radius 1 is 1.45 bits per heavy atom. The van der Waals surface area contributed by atoms with E-state index in [1.54, 1.807) is 0 Å². The van der Waals surface area contributed by atoms with Crippen molar-refractivity contribution in [2.45, 2.75) is 6.92 Å². The summed E-state index contributed by atoms with van der Waals surface area (Å²) in [4.78, 5) is 6.71. The zero-order chi connectivity index (χ0) is 8.01. The van der Waals surface area contributed by atoms with E-state index in [1.165, 1.54) is 0 Å². The van der Waals surface area contributed by atoms with E-state index >= 15 is 0 Å². The number of aromatic amines is 1. The molecule has 0 saturated carbocycles. The fraction of sp³-hybridized carbons (Fsp3) is 0.167. The third kappa shape index (κ3) is 0.674. The van der Waals surface area contributed by atoms with Gasteiger partial charge in [-0.2, -0.15) is 4.98 Å². The molecule has 2 aromatic heterocycles. The predicted octanol–water partition coefficient (Wildman–Crippen LogP) is 0.629. The van der Waals surface area contributed by atoms with Gasteiger partial charge in [0.2, 0.25) is 0 Å². The molecule has 5 N–H and O–H groups in total. The van der Waals surface area contributed by atoms with Crippen molar-refractivity contribution in [2.24, 2.45) is 0 Å². The summed E-state index contributed by atoms with van der Waals surface area (Å²) in [6.45, 7) is 1.85. The molecular formula is C6H8N4O. The molecule has 0 aliphatic rings. The van der Waals surface area contributed by atoms with E-state index in [2.05, 4.69) is 9.97 Å². The Hall–Kier alpha value is -1.65. The van der Waals surface area contributed by atoms with E-state index in [4.69, 9.17) is 15.9 Å². The number of nitrogens with one attached hydrogen (secondary N) is 1. The van der Waals surface area contributed by atoms with Crippen LogP contribution in [0.15, 0.2) is 4.42 Å². The number of rotatable bonds is 0. The Balaban J connectivity index is 2.88. The highest BCUT2D eigenvalue weighted by atomic mass is 16.4. The highest BCUT2D eigenvalue weighted by Crippen LogP contribution is 2.24. The van der Waals surface area contributed by atoms with Crippen molar-refractivity contribution < 1.29 is 4.42 Å². The Morgan fingerprint density at radius 2 is 2.18 bits per heavy atom. The smallest absolute Gasteiger partial charge is 0.294 e. The van der Waals surface area contributed by atoms with Crippen LogP contribution in [-0.2, 0) is 0 Å². The molecule has 2 aromatic rings. The molecule has 0 amide bonds. The van der Waals surface area contributed by atoms with Gasteiger partial charge in [0.1, 0.15) is 5.82 Å². The first-order chi connectivity index (χ1) is 5.18. The van der Waals surface area contributed by atoms with Crippen molar-refractivity contribution in [1.82, 2.24) is 9.97 Å². The van der Waals surface area contributed by atoms with Crippen LogP contribution in [0.1, 0.15) is 5.56 Å². The van der Waals surface area contributed by atoms with E-state index in [9.17, 15) is 0 Å². The highest BCUT2D eigenvalue weighted by Gasteiger charge is 2.10. The summed E-state index contributed by atoms with van der Waals surface area (Å²) in [6.07, 6.45) is 0. The lowest BCUT2D eigenvalue weighted by Gasteiger charge is -1.85. The molecule has 2 rings (SSSR count). The minimum atomic E-state index is 0.161. The number of oxazole rings is 1. The largest absolute Gasteiger partial charge is 0.422 e. The maximum Gasteiger partial charge on any atom is 0.294 e. The van der Waals surface area contributed by atoms with Gasteiger partial charge in [0, 0.05) is 5.56 Å². The molecule has 5 nitrogen and oxygen atoms in total. The molecule has 5 heteroatoms. The van der Waals surface area contributed by atoms with Crippen molar-refractivity contribution in [3.63, 3.8) is 0 Å². The van der Waals surface area contributed by atoms with Gasteiger partial charge in [0.25, 0.3) is 6.01 Å². The first-order valence-corrected chi connectivity index (χ1v) is 3.18. The number of aryl methyl sites for hydroxylation is 1. The third-order valence-corrected chi connectivity index (χ3v) is 1.64. The Morgan fingerprint density at radius 3 is 2.82 bits per heavy atom. The average molecular weight is 152 g/mol. The van der Waals surface area contributed by atoms with E-state index in [0.29, 0.717) is 17.0 Å². The lowest BCUT2D eigenvalue weighted by molar-refractivity contribution is 0.624. The number of hydrogen-bond acceptors (Lipinski definition) is 4. The number of nitrogen functional groups attached to an aromatic ring is 2. The summed E-state index contributed by atoms with van der Waals surface area (Å²) in [5.41, 5.74) is 13.0. The molecular weight excluding hydrogens is 144 g/mol. The molecule has 0 fully saturated rings. The Labute approximate surface area is 62.4 Å². The summed E-state index contributed by atoms with van der Waals surface area (Å²) in [5.74, 6) is 0.575. The Bertz CT molecular complexity index is 400. The topological polar surface area (TPSA) is 93.9 Å². The quantitative estimate of drug-likeness (QED) is 0.516. The molecule has 0 spiro atoms. The maximum absolute atomic E-state index is 5.55. The van der Waals surface area contributed by atoms with E-state index < -0.39 is 0 Å². The van der Waals surface area contributed by atoms with Gasteiger partial charge in [0.15, 0.2) is 11.2 Å². The minimum absolute atomic E-state index is 0.161. The normalized spacial score (nSPS) is 11.0. The summed E-state index contributed by atoms with van der Waals surface area (Å²) in [6, 6.07) is 0.161. The van der Waals surface area contributed by atoms with Crippen LogP contribution in [0.3, 0.4) is 0 Å². The van der Waals surface area contributed by atoms with Gasteiger partial charge in [-0.25, -0.2) is 0 Å². The predicted molar refractivity (Wildman–Crippen MR) is 41.9 cm³/mol. The third-order valence-electron chi connectivity index (χ3n) is 1.64. The maximum atomic E-state index is 5.55. The zero-order valence-electron chi connectivity index (χ0n) is 6.01. The molecule has 0 atom stereocenters. The second kappa shape index (κ2) is 1.69. The van der Waals surface area contributed by atoms with Crippen molar-refractivity contribution >= 4 is 23.1 Å². The number of H-pyrrole nitrogens is 1. The number of hydrogen-bond donors (Lipinski definition) is 3. The van der Waals surface area contributed by atoms with Crippen LogP contribution in [0.4, 0.5) is 11.8 Å². The molecule has 0 radical (unpaired) electrons.